The van der Waals surface area contributed by atoms with Crippen molar-refractivity contribution in [2.24, 2.45) is 11.7 Å². The zero-order valence-electron chi connectivity index (χ0n) is 11.5. The summed E-state index contributed by atoms with van der Waals surface area (Å²) in [7, 11) is -3.03. The molecule has 0 bridgehead atoms. The van der Waals surface area contributed by atoms with Gasteiger partial charge in [0.05, 0.1) is 29.1 Å². The number of carbonyl (C=O) groups excluding carboxylic acids is 1. The van der Waals surface area contributed by atoms with Crippen LogP contribution in [0.5, 0.6) is 0 Å². The molecule has 1 amide bonds. The van der Waals surface area contributed by atoms with Crippen LogP contribution >= 0.6 is 0 Å². The van der Waals surface area contributed by atoms with E-state index < -0.39 is 21.4 Å². The number of hydrogen-bond acceptors (Lipinski definition) is 5. The van der Waals surface area contributed by atoms with E-state index in [4.69, 9.17) is 10.5 Å². The van der Waals surface area contributed by atoms with Crippen molar-refractivity contribution in [3.8, 4) is 0 Å². The minimum Gasteiger partial charge on any atom is -0.367 e. The summed E-state index contributed by atoms with van der Waals surface area (Å²) in [6.45, 7) is 5.13. The van der Waals surface area contributed by atoms with Gasteiger partial charge in [-0.05, 0) is 20.3 Å². The van der Waals surface area contributed by atoms with Gasteiger partial charge in [0, 0.05) is 19.6 Å². The molecule has 2 fully saturated rings. The third-order valence-electron chi connectivity index (χ3n) is 3.64. The molecule has 0 saturated carbocycles. The summed E-state index contributed by atoms with van der Waals surface area (Å²) in [5, 5.41) is 0. The van der Waals surface area contributed by atoms with E-state index in [1.54, 1.807) is 4.90 Å². The van der Waals surface area contributed by atoms with Gasteiger partial charge in [0.2, 0.25) is 5.91 Å². The number of carbonyl (C=O) groups is 1. The highest BCUT2D eigenvalue weighted by Crippen LogP contribution is 2.26. The molecule has 2 aliphatic rings. The number of nitrogens with two attached hydrogens (primary N) is 1. The van der Waals surface area contributed by atoms with E-state index in [2.05, 4.69) is 0 Å². The first kappa shape index (κ1) is 14.7. The molecule has 6 nitrogen and oxygen atoms in total. The molecule has 2 N–H and O–H groups in total. The summed E-state index contributed by atoms with van der Waals surface area (Å²) in [5.41, 5.74) is 5.19. The molecular formula is C12H22N2O4S. The first-order chi connectivity index (χ1) is 8.72. The maximum absolute atomic E-state index is 12.4. The molecule has 2 heterocycles. The van der Waals surface area contributed by atoms with Crippen LogP contribution in [-0.2, 0) is 19.4 Å². The first-order valence-electron chi connectivity index (χ1n) is 6.59. The van der Waals surface area contributed by atoms with Crippen LogP contribution in [0.4, 0.5) is 0 Å². The van der Waals surface area contributed by atoms with Crippen LogP contribution in [0, 0.1) is 5.92 Å². The Morgan fingerprint density at radius 2 is 2.16 bits per heavy atom. The zero-order chi connectivity index (χ0) is 14.3. The fourth-order valence-electron chi connectivity index (χ4n) is 2.83. The van der Waals surface area contributed by atoms with Crippen molar-refractivity contribution in [1.82, 2.24) is 4.90 Å². The maximum atomic E-state index is 12.4. The normalized spacial score (nSPS) is 33.3. The Kier molecular flexibility index (Phi) is 3.90. The summed E-state index contributed by atoms with van der Waals surface area (Å²) >= 11 is 0. The lowest BCUT2D eigenvalue weighted by Crippen LogP contribution is -2.57. The van der Waals surface area contributed by atoms with Crippen molar-refractivity contribution in [2.45, 2.75) is 32.0 Å². The van der Waals surface area contributed by atoms with E-state index >= 15 is 0 Å². The second-order valence-corrected chi connectivity index (χ2v) is 8.28. The lowest BCUT2D eigenvalue weighted by atomic mass is 10.0. The smallest absolute Gasteiger partial charge is 0.226 e. The van der Waals surface area contributed by atoms with E-state index in [-0.39, 0.29) is 23.5 Å². The van der Waals surface area contributed by atoms with Gasteiger partial charge in [0.15, 0.2) is 9.84 Å². The van der Waals surface area contributed by atoms with Gasteiger partial charge in [-0.3, -0.25) is 4.79 Å². The molecule has 0 radical (unpaired) electrons. The van der Waals surface area contributed by atoms with E-state index in [9.17, 15) is 13.2 Å². The van der Waals surface area contributed by atoms with Crippen LogP contribution in [0.3, 0.4) is 0 Å². The van der Waals surface area contributed by atoms with Crippen LogP contribution in [0.2, 0.25) is 0 Å². The van der Waals surface area contributed by atoms with Gasteiger partial charge in [0.1, 0.15) is 0 Å². The van der Waals surface area contributed by atoms with Gasteiger partial charge in [-0.15, -0.1) is 0 Å². The summed E-state index contributed by atoms with van der Waals surface area (Å²) in [6.07, 6.45) is 0.261. The number of amides is 1. The molecule has 0 aromatic heterocycles. The molecule has 2 rings (SSSR count). The molecule has 7 heteroatoms. The predicted octanol–water partition coefficient (Wildman–Crippen LogP) is -0.614. The molecular weight excluding hydrogens is 268 g/mol. The number of hydrogen-bond donors (Lipinski definition) is 1. The third-order valence-corrected chi connectivity index (χ3v) is 5.41. The quantitative estimate of drug-likeness (QED) is 0.732. The minimum absolute atomic E-state index is 0.0170. The summed E-state index contributed by atoms with van der Waals surface area (Å²) < 4.78 is 28.7. The fourth-order valence-corrected chi connectivity index (χ4v) is 4.57. The van der Waals surface area contributed by atoms with Crippen molar-refractivity contribution in [1.29, 1.82) is 0 Å². The predicted molar refractivity (Wildman–Crippen MR) is 71.3 cm³/mol. The lowest BCUT2D eigenvalue weighted by Gasteiger charge is -2.43. The number of nitrogens with zero attached hydrogens (tertiary/aromatic N) is 1. The van der Waals surface area contributed by atoms with Crippen LogP contribution in [0.25, 0.3) is 0 Å². The number of ether oxygens (including phenoxy) is 1. The van der Waals surface area contributed by atoms with E-state index in [1.165, 1.54) is 0 Å². The molecule has 2 aliphatic heterocycles. The Hall–Kier alpha value is -0.660. The van der Waals surface area contributed by atoms with Crippen LogP contribution in [-0.4, -0.2) is 62.1 Å². The molecule has 2 saturated heterocycles. The zero-order valence-corrected chi connectivity index (χ0v) is 12.3. The highest BCUT2D eigenvalue weighted by Gasteiger charge is 2.40. The Balaban J connectivity index is 2.06. The molecule has 0 spiro atoms. The molecule has 110 valence electrons. The van der Waals surface area contributed by atoms with Gasteiger partial charge in [-0.1, -0.05) is 0 Å². The number of morpholine rings is 1. The maximum Gasteiger partial charge on any atom is 0.226 e. The van der Waals surface area contributed by atoms with Gasteiger partial charge in [-0.2, -0.15) is 0 Å². The molecule has 0 aromatic rings. The Labute approximate surface area is 114 Å². The first-order valence-corrected chi connectivity index (χ1v) is 8.42. The van der Waals surface area contributed by atoms with Gasteiger partial charge < -0.3 is 15.4 Å². The molecule has 19 heavy (non-hydrogen) atoms. The molecule has 2 atom stereocenters. The van der Waals surface area contributed by atoms with E-state index in [1.807, 2.05) is 13.8 Å². The average Bonchev–Trinajstić information content (AvgIpc) is 2.66. The van der Waals surface area contributed by atoms with Crippen LogP contribution < -0.4 is 5.73 Å². The topological polar surface area (TPSA) is 89.7 Å². The van der Waals surface area contributed by atoms with E-state index in [0.717, 1.165) is 0 Å². The van der Waals surface area contributed by atoms with Crippen molar-refractivity contribution >= 4 is 15.7 Å². The van der Waals surface area contributed by atoms with Gasteiger partial charge >= 0.3 is 0 Å². The summed E-state index contributed by atoms with van der Waals surface area (Å²) in [5.74, 6) is -0.359. The van der Waals surface area contributed by atoms with Crippen molar-refractivity contribution in [3.05, 3.63) is 0 Å². The minimum atomic E-state index is -3.03. The Bertz CT molecular complexity index is 460. The number of sulfone groups is 1. The monoisotopic (exact) mass is 290 g/mol. The van der Waals surface area contributed by atoms with Crippen molar-refractivity contribution < 1.29 is 17.9 Å². The van der Waals surface area contributed by atoms with Crippen LogP contribution in [0.1, 0.15) is 20.3 Å². The van der Waals surface area contributed by atoms with Gasteiger partial charge in [0.25, 0.3) is 0 Å². The van der Waals surface area contributed by atoms with Crippen LogP contribution in [0.15, 0.2) is 0 Å². The SMILES string of the molecule is CC1(C)CN(C(=O)C2CCS(=O)(=O)C2)CC(CN)O1. The molecule has 0 aromatic carbocycles. The lowest BCUT2D eigenvalue weighted by molar-refractivity contribution is -0.162. The highest BCUT2D eigenvalue weighted by molar-refractivity contribution is 7.91. The highest BCUT2D eigenvalue weighted by atomic mass is 32.2. The standard InChI is InChI=1S/C12H22N2O4S/c1-12(2)8-14(6-10(5-13)18-12)11(15)9-3-4-19(16,17)7-9/h9-10H,3-8,13H2,1-2H3. The van der Waals surface area contributed by atoms with Crippen molar-refractivity contribution in [3.63, 3.8) is 0 Å². The fraction of sp³-hybridized carbons (Fsp3) is 0.917. The largest absolute Gasteiger partial charge is 0.367 e. The second-order valence-electron chi connectivity index (χ2n) is 6.05. The Morgan fingerprint density at radius 1 is 1.47 bits per heavy atom. The van der Waals surface area contributed by atoms with E-state index in [0.29, 0.717) is 26.1 Å². The second kappa shape index (κ2) is 5.03. The van der Waals surface area contributed by atoms with Gasteiger partial charge in [-0.25, -0.2) is 8.42 Å². The average molecular weight is 290 g/mol. The Morgan fingerprint density at radius 3 is 2.68 bits per heavy atom. The van der Waals surface area contributed by atoms with Crippen molar-refractivity contribution in [2.75, 3.05) is 31.1 Å². The molecule has 2 unspecified atom stereocenters. The summed E-state index contributed by atoms with van der Waals surface area (Å²) in [6, 6.07) is 0. The number of rotatable bonds is 2. The third kappa shape index (κ3) is 3.46. The summed E-state index contributed by atoms with van der Waals surface area (Å²) in [4.78, 5) is 14.1. The molecule has 0 aliphatic carbocycles.